The van der Waals surface area contributed by atoms with Crippen LogP contribution in [0.1, 0.15) is 18.1 Å². The summed E-state index contributed by atoms with van der Waals surface area (Å²) in [6.45, 7) is 2.07. The molecule has 0 unspecified atom stereocenters. The lowest BCUT2D eigenvalue weighted by Gasteiger charge is -2.40. The zero-order valence-corrected chi connectivity index (χ0v) is 20.1. The lowest BCUT2D eigenvalue weighted by atomic mass is 10.0. The van der Waals surface area contributed by atoms with Crippen LogP contribution in [0.3, 0.4) is 0 Å². The van der Waals surface area contributed by atoms with Crippen LogP contribution in [0.15, 0.2) is 65.8 Å². The van der Waals surface area contributed by atoms with Gasteiger partial charge in [-0.05, 0) is 16.7 Å². The van der Waals surface area contributed by atoms with E-state index in [1.165, 1.54) is 6.92 Å². The van der Waals surface area contributed by atoms with E-state index in [1.807, 2.05) is 60.7 Å². The molecule has 3 rings (SSSR count). The topological polar surface area (TPSA) is 103 Å². The number of ether oxygens (including phenoxy) is 4. The number of carbonyl (C=O) groups excluding carboxylic acids is 1. The molecule has 33 heavy (non-hydrogen) atoms. The van der Waals surface area contributed by atoms with E-state index < -0.39 is 34.8 Å². The SMILES string of the molecule is CC(=O)O[C@H]1[C@H](OCc2ccccc2)[C@H](OCc2ccccc2)CO[C@@H]1N=[N+]=[N-].ClC(Cl)Cl. The number of rotatable bonds is 8. The number of hydrogen-bond donors (Lipinski definition) is 0. The average molecular weight is 517 g/mol. The Balaban J connectivity index is 0.000000890. The lowest BCUT2D eigenvalue weighted by Crippen LogP contribution is -2.55. The van der Waals surface area contributed by atoms with Crippen LogP contribution in [0, 0.1) is 0 Å². The van der Waals surface area contributed by atoms with Crippen molar-refractivity contribution in [2.75, 3.05) is 6.61 Å². The first kappa shape index (κ1) is 27.2. The molecule has 11 heteroatoms. The molecule has 1 aliphatic rings. The third kappa shape index (κ3) is 10.2. The molecule has 0 aromatic heterocycles. The first-order valence-corrected chi connectivity index (χ1v) is 11.3. The van der Waals surface area contributed by atoms with Crippen LogP contribution in [-0.4, -0.2) is 41.4 Å². The van der Waals surface area contributed by atoms with Crippen molar-refractivity contribution in [3.63, 3.8) is 0 Å². The fourth-order valence-corrected chi connectivity index (χ4v) is 3.11. The van der Waals surface area contributed by atoms with Gasteiger partial charge in [0.1, 0.15) is 12.2 Å². The number of nitrogens with zero attached hydrogens (tertiary/aromatic N) is 3. The van der Waals surface area contributed by atoms with Gasteiger partial charge >= 0.3 is 5.97 Å². The minimum atomic E-state index is -0.985. The average Bonchev–Trinajstić information content (AvgIpc) is 2.79. The van der Waals surface area contributed by atoms with Crippen LogP contribution in [-0.2, 0) is 37.0 Å². The summed E-state index contributed by atoms with van der Waals surface area (Å²) >= 11 is 14.4. The molecule has 0 saturated carbocycles. The molecular weight excluding hydrogens is 493 g/mol. The van der Waals surface area contributed by atoms with Crippen LogP contribution < -0.4 is 0 Å². The maximum absolute atomic E-state index is 11.7. The van der Waals surface area contributed by atoms with Crippen LogP contribution in [0.5, 0.6) is 0 Å². The monoisotopic (exact) mass is 515 g/mol. The number of hydrogen-bond acceptors (Lipinski definition) is 6. The minimum absolute atomic E-state index is 0.147. The quantitative estimate of drug-likeness (QED) is 0.146. The third-order valence-electron chi connectivity index (χ3n) is 4.46. The molecule has 8 nitrogen and oxygen atoms in total. The molecule has 1 aliphatic heterocycles. The van der Waals surface area contributed by atoms with Crippen molar-refractivity contribution < 1.29 is 23.7 Å². The van der Waals surface area contributed by atoms with Crippen molar-refractivity contribution in [1.82, 2.24) is 0 Å². The highest BCUT2D eigenvalue weighted by Gasteiger charge is 2.44. The van der Waals surface area contributed by atoms with Crippen LogP contribution >= 0.6 is 34.8 Å². The first-order chi connectivity index (χ1) is 15.9. The Bertz CT molecular complexity index is 883. The van der Waals surface area contributed by atoms with Gasteiger partial charge in [0, 0.05) is 11.8 Å². The molecule has 0 amide bonds. The van der Waals surface area contributed by atoms with Crippen LogP contribution in [0.2, 0.25) is 0 Å². The van der Waals surface area contributed by atoms with E-state index in [-0.39, 0.29) is 13.2 Å². The summed E-state index contributed by atoms with van der Waals surface area (Å²) in [6, 6.07) is 19.3. The van der Waals surface area contributed by atoms with Crippen LogP contribution in [0.4, 0.5) is 0 Å². The van der Waals surface area contributed by atoms with Gasteiger partial charge < -0.3 is 18.9 Å². The van der Waals surface area contributed by atoms with Gasteiger partial charge in [0.2, 0.25) is 0 Å². The molecule has 0 spiro atoms. The van der Waals surface area contributed by atoms with Gasteiger partial charge in [-0.25, -0.2) is 0 Å². The van der Waals surface area contributed by atoms with E-state index in [9.17, 15) is 4.79 Å². The molecule has 1 saturated heterocycles. The fourth-order valence-electron chi connectivity index (χ4n) is 3.11. The molecular formula is C22H24Cl3N3O5. The second-order valence-corrected chi connectivity index (χ2v) is 8.83. The van der Waals surface area contributed by atoms with Gasteiger partial charge in [-0.1, -0.05) is 101 Å². The molecule has 2 aromatic carbocycles. The Morgan fingerprint density at radius 1 is 1.03 bits per heavy atom. The van der Waals surface area contributed by atoms with E-state index in [2.05, 4.69) is 10.0 Å². The summed E-state index contributed by atoms with van der Waals surface area (Å²) < 4.78 is 22.4. The highest BCUT2D eigenvalue weighted by molar-refractivity contribution is 6.63. The summed E-state index contributed by atoms with van der Waals surface area (Å²) in [5.74, 6) is -0.520. The smallest absolute Gasteiger partial charge is 0.303 e. The van der Waals surface area contributed by atoms with Gasteiger partial charge in [-0.2, -0.15) is 0 Å². The fraction of sp³-hybridized carbons (Fsp3) is 0.409. The second kappa shape index (κ2) is 15.0. The molecule has 178 valence electrons. The zero-order valence-electron chi connectivity index (χ0n) is 17.8. The van der Waals surface area contributed by atoms with E-state index in [0.29, 0.717) is 6.61 Å². The summed E-state index contributed by atoms with van der Waals surface area (Å²) in [6.07, 6.45) is -3.07. The Kier molecular flexibility index (Phi) is 12.4. The van der Waals surface area contributed by atoms with Crippen LogP contribution in [0.25, 0.3) is 10.4 Å². The molecule has 0 N–H and O–H groups in total. The van der Waals surface area contributed by atoms with Gasteiger partial charge in [0.25, 0.3) is 0 Å². The Morgan fingerprint density at radius 3 is 2.03 bits per heavy atom. The predicted octanol–water partition coefficient (Wildman–Crippen LogP) is 5.74. The van der Waals surface area contributed by atoms with Crippen molar-refractivity contribution in [1.29, 1.82) is 0 Å². The number of esters is 1. The highest BCUT2D eigenvalue weighted by Crippen LogP contribution is 2.26. The zero-order chi connectivity index (χ0) is 24.1. The summed E-state index contributed by atoms with van der Waals surface area (Å²) in [5.41, 5.74) is 10.8. The van der Waals surface area contributed by atoms with E-state index in [4.69, 9.17) is 59.3 Å². The summed E-state index contributed by atoms with van der Waals surface area (Å²) in [5, 5.41) is 3.62. The standard InChI is InChI=1S/C21H23N3O5.CHCl3/c1-15(25)29-20-19(27-13-17-10-6-3-7-11-17)18(14-28-21(20)23-24-22)26-12-16-8-4-2-5-9-16;2-1(3)4/h2-11,18-21H,12-14H2,1H3;1H/t18-,19-,20+,21+;/m1./s1. The predicted molar refractivity (Wildman–Crippen MR) is 126 cm³/mol. The molecule has 4 atom stereocenters. The van der Waals surface area contributed by atoms with Crippen molar-refractivity contribution in [2.45, 2.75) is 49.0 Å². The van der Waals surface area contributed by atoms with E-state index >= 15 is 0 Å². The molecule has 0 radical (unpaired) electrons. The van der Waals surface area contributed by atoms with Gasteiger partial charge in [-0.15, -0.1) is 0 Å². The molecule has 2 aromatic rings. The highest BCUT2D eigenvalue weighted by atomic mass is 35.6. The number of benzene rings is 2. The van der Waals surface area contributed by atoms with Crippen molar-refractivity contribution >= 4 is 40.8 Å². The summed E-state index contributed by atoms with van der Waals surface area (Å²) in [4.78, 5) is 14.5. The number of alkyl halides is 3. The third-order valence-corrected chi connectivity index (χ3v) is 4.46. The molecule has 0 aliphatic carbocycles. The maximum Gasteiger partial charge on any atom is 0.303 e. The van der Waals surface area contributed by atoms with Crippen molar-refractivity contribution in [3.8, 4) is 0 Å². The number of halogens is 3. The second-order valence-electron chi connectivity index (χ2n) is 6.85. The molecule has 0 bridgehead atoms. The maximum atomic E-state index is 11.7. The van der Waals surface area contributed by atoms with Crippen molar-refractivity contribution in [3.05, 3.63) is 82.2 Å². The minimum Gasteiger partial charge on any atom is -0.457 e. The Labute approximate surface area is 207 Å². The number of carbonyl (C=O) groups is 1. The Hall–Kier alpha value is -2.03. The van der Waals surface area contributed by atoms with E-state index in [0.717, 1.165) is 11.1 Å². The number of azide groups is 1. The lowest BCUT2D eigenvalue weighted by molar-refractivity contribution is -0.231. The van der Waals surface area contributed by atoms with Crippen molar-refractivity contribution in [2.24, 2.45) is 5.11 Å². The first-order valence-electron chi connectivity index (χ1n) is 9.97. The summed E-state index contributed by atoms with van der Waals surface area (Å²) in [7, 11) is 0. The van der Waals surface area contributed by atoms with Gasteiger partial charge in [-0.3, -0.25) is 4.79 Å². The molecule has 1 fully saturated rings. The van der Waals surface area contributed by atoms with Gasteiger partial charge in [0.05, 0.1) is 19.8 Å². The molecule has 1 heterocycles. The van der Waals surface area contributed by atoms with E-state index in [1.54, 1.807) is 0 Å². The van der Waals surface area contributed by atoms with Gasteiger partial charge in [0.15, 0.2) is 16.6 Å². The Morgan fingerprint density at radius 2 is 1.55 bits per heavy atom. The normalized spacial score (nSPS) is 22.0. The largest absolute Gasteiger partial charge is 0.457 e.